The normalized spacial score (nSPS) is 14.4. The lowest BCUT2D eigenvalue weighted by atomic mass is 10.1. The molecule has 0 saturated heterocycles. The summed E-state index contributed by atoms with van der Waals surface area (Å²) in [7, 11) is 0. The van der Waals surface area contributed by atoms with E-state index in [0.29, 0.717) is 31.0 Å². The molecule has 2 aromatic rings. The van der Waals surface area contributed by atoms with Crippen LogP contribution in [0.2, 0.25) is 0 Å². The number of nitrogens with one attached hydrogen (secondary N) is 1. The van der Waals surface area contributed by atoms with Crippen LogP contribution in [0.1, 0.15) is 11.3 Å². The van der Waals surface area contributed by atoms with E-state index in [2.05, 4.69) is 15.0 Å². The van der Waals surface area contributed by atoms with Gasteiger partial charge in [-0.05, 0) is 12.1 Å². The predicted octanol–water partition coefficient (Wildman–Crippen LogP) is 0.905. The van der Waals surface area contributed by atoms with Gasteiger partial charge in [0.2, 0.25) is 0 Å². The summed E-state index contributed by atoms with van der Waals surface area (Å²) in [4.78, 5) is 23.1. The van der Waals surface area contributed by atoms with Crippen LogP contribution in [0.15, 0.2) is 29.3 Å². The Morgan fingerprint density at radius 2 is 2.35 bits per heavy atom. The van der Waals surface area contributed by atoms with Crippen molar-refractivity contribution in [2.24, 2.45) is 0 Å². The zero-order valence-electron chi connectivity index (χ0n) is 9.14. The number of hydrogen-bond donors (Lipinski definition) is 1. The van der Waals surface area contributed by atoms with Crippen LogP contribution in [-0.2, 0) is 17.8 Å². The largest absolute Gasteiger partial charge is 0.376 e. The highest BCUT2D eigenvalue weighted by molar-refractivity contribution is 5.53. The van der Waals surface area contributed by atoms with Gasteiger partial charge < -0.3 is 9.72 Å². The molecule has 0 fully saturated rings. The van der Waals surface area contributed by atoms with Gasteiger partial charge in [-0.15, -0.1) is 0 Å². The third-order valence-corrected chi connectivity index (χ3v) is 2.77. The van der Waals surface area contributed by atoms with E-state index in [0.717, 1.165) is 11.3 Å². The van der Waals surface area contributed by atoms with Gasteiger partial charge in [0, 0.05) is 24.4 Å². The molecule has 5 heteroatoms. The van der Waals surface area contributed by atoms with Crippen molar-refractivity contribution in [2.75, 3.05) is 6.61 Å². The van der Waals surface area contributed by atoms with Crippen LogP contribution in [0.4, 0.5) is 0 Å². The summed E-state index contributed by atoms with van der Waals surface area (Å²) in [6.45, 7) is 0.973. The molecule has 0 unspecified atom stereocenters. The summed E-state index contributed by atoms with van der Waals surface area (Å²) < 4.78 is 5.25. The van der Waals surface area contributed by atoms with Crippen molar-refractivity contribution in [3.8, 4) is 11.4 Å². The van der Waals surface area contributed by atoms with E-state index in [1.54, 1.807) is 12.4 Å². The van der Waals surface area contributed by atoms with Gasteiger partial charge in [0.05, 0.1) is 24.5 Å². The lowest BCUT2D eigenvalue weighted by Crippen LogP contribution is -2.24. The van der Waals surface area contributed by atoms with E-state index in [9.17, 15) is 4.79 Å². The number of ether oxygens (including phenoxy) is 1. The van der Waals surface area contributed by atoms with E-state index < -0.39 is 0 Å². The Bertz CT molecular complexity index is 592. The molecule has 0 bridgehead atoms. The molecule has 2 aromatic heterocycles. The second-order valence-corrected chi connectivity index (χ2v) is 3.88. The molecular formula is C12H11N3O2. The lowest BCUT2D eigenvalue weighted by molar-refractivity contribution is 0.108. The molecule has 0 aliphatic carbocycles. The second-order valence-electron chi connectivity index (χ2n) is 3.88. The van der Waals surface area contributed by atoms with Gasteiger partial charge in [0.1, 0.15) is 5.82 Å². The van der Waals surface area contributed by atoms with Gasteiger partial charge in [-0.2, -0.15) is 0 Å². The minimum absolute atomic E-state index is 0.117. The fourth-order valence-electron chi connectivity index (χ4n) is 1.88. The summed E-state index contributed by atoms with van der Waals surface area (Å²) in [6, 6.07) is 3.69. The van der Waals surface area contributed by atoms with Crippen molar-refractivity contribution < 1.29 is 4.74 Å². The number of rotatable bonds is 1. The molecule has 86 valence electrons. The van der Waals surface area contributed by atoms with Crippen molar-refractivity contribution >= 4 is 0 Å². The number of aromatic amines is 1. The first-order chi connectivity index (χ1) is 8.34. The number of H-pyrrole nitrogens is 1. The smallest absolute Gasteiger partial charge is 0.256 e. The molecule has 0 saturated carbocycles. The third kappa shape index (κ3) is 1.85. The zero-order valence-corrected chi connectivity index (χ0v) is 9.14. The maximum absolute atomic E-state index is 11.9. The Morgan fingerprint density at radius 3 is 3.18 bits per heavy atom. The maximum Gasteiger partial charge on any atom is 0.256 e. The Kier molecular flexibility index (Phi) is 2.45. The first-order valence-electron chi connectivity index (χ1n) is 5.45. The molecule has 1 N–H and O–H groups in total. The quantitative estimate of drug-likeness (QED) is 0.789. The molecule has 0 atom stereocenters. The Labute approximate surface area is 97.5 Å². The van der Waals surface area contributed by atoms with Crippen LogP contribution in [0.3, 0.4) is 0 Å². The highest BCUT2D eigenvalue weighted by atomic mass is 16.5. The van der Waals surface area contributed by atoms with Crippen molar-refractivity contribution in [2.45, 2.75) is 13.0 Å². The molecule has 0 spiro atoms. The van der Waals surface area contributed by atoms with Gasteiger partial charge in [-0.3, -0.25) is 9.78 Å². The first kappa shape index (κ1) is 10.2. The molecule has 1 aliphatic heterocycles. The maximum atomic E-state index is 11.9. The van der Waals surface area contributed by atoms with Gasteiger partial charge >= 0.3 is 0 Å². The van der Waals surface area contributed by atoms with Crippen LogP contribution in [0.25, 0.3) is 11.4 Å². The summed E-state index contributed by atoms with van der Waals surface area (Å²) in [5, 5.41) is 0. The summed E-state index contributed by atoms with van der Waals surface area (Å²) in [5.74, 6) is 0.573. The van der Waals surface area contributed by atoms with Gasteiger partial charge in [0.15, 0.2) is 0 Å². The molecule has 3 rings (SSSR count). The van der Waals surface area contributed by atoms with E-state index >= 15 is 0 Å². The number of nitrogens with zero attached hydrogens (tertiary/aromatic N) is 2. The summed E-state index contributed by atoms with van der Waals surface area (Å²) in [6.07, 6.45) is 4.06. The van der Waals surface area contributed by atoms with Gasteiger partial charge in [0.25, 0.3) is 5.56 Å². The molecule has 1 aliphatic rings. The Balaban J connectivity index is 2.14. The average molecular weight is 229 g/mol. The van der Waals surface area contributed by atoms with Crippen LogP contribution in [-0.4, -0.2) is 21.6 Å². The van der Waals surface area contributed by atoms with E-state index in [-0.39, 0.29) is 5.56 Å². The van der Waals surface area contributed by atoms with Crippen molar-refractivity contribution in [1.82, 2.24) is 15.0 Å². The SMILES string of the molecule is O=c1[nH]c(-c2cccnc2)nc2c1COCC2. The molecule has 0 aromatic carbocycles. The highest BCUT2D eigenvalue weighted by Gasteiger charge is 2.16. The summed E-state index contributed by atoms with van der Waals surface area (Å²) >= 11 is 0. The third-order valence-electron chi connectivity index (χ3n) is 2.77. The highest BCUT2D eigenvalue weighted by Crippen LogP contribution is 2.15. The van der Waals surface area contributed by atoms with Crippen molar-refractivity contribution in [3.63, 3.8) is 0 Å². The number of pyridine rings is 1. The molecular weight excluding hydrogens is 218 g/mol. The fourth-order valence-corrected chi connectivity index (χ4v) is 1.88. The van der Waals surface area contributed by atoms with Crippen LogP contribution in [0, 0.1) is 0 Å². The predicted molar refractivity (Wildman–Crippen MR) is 61.4 cm³/mol. The van der Waals surface area contributed by atoms with E-state index in [4.69, 9.17) is 4.74 Å². The van der Waals surface area contributed by atoms with Crippen LogP contribution >= 0.6 is 0 Å². The molecule has 17 heavy (non-hydrogen) atoms. The van der Waals surface area contributed by atoms with Gasteiger partial charge in [-0.1, -0.05) is 0 Å². The molecule has 3 heterocycles. The Hall–Kier alpha value is -2.01. The van der Waals surface area contributed by atoms with E-state index in [1.165, 1.54) is 0 Å². The topological polar surface area (TPSA) is 67.9 Å². The van der Waals surface area contributed by atoms with E-state index in [1.807, 2.05) is 12.1 Å². The number of hydrogen-bond acceptors (Lipinski definition) is 4. The van der Waals surface area contributed by atoms with Crippen molar-refractivity contribution in [3.05, 3.63) is 46.1 Å². The molecule has 5 nitrogen and oxygen atoms in total. The standard InChI is InChI=1S/C12H11N3O2/c16-12-9-7-17-5-3-10(9)14-11(15-12)8-2-1-4-13-6-8/h1-2,4,6H,3,5,7H2,(H,14,15,16). The average Bonchev–Trinajstić information content (AvgIpc) is 2.40. The van der Waals surface area contributed by atoms with Crippen LogP contribution in [0.5, 0.6) is 0 Å². The minimum atomic E-state index is -0.117. The number of aromatic nitrogens is 3. The molecule has 0 amide bonds. The number of fused-ring (bicyclic) bond motifs is 1. The zero-order chi connectivity index (χ0) is 11.7. The lowest BCUT2D eigenvalue weighted by Gasteiger charge is -2.15. The second kappa shape index (κ2) is 4.10. The first-order valence-corrected chi connectivity index (χ1v) is 5.45. The van der Waals surface area contributed by atoms with Crippen LogP contribution < -0.4 is 5.56 Å². The Morgan fingerprint density at radius 1 is 1.41 bits per heavy atom. The monoisotopic (exact) mass is 229 g/mol. The minimum Gasteiger partial charge on any atom is -0.376 e. The van der Waals surface area contributed by atoms with Gasteiger partial charge in [-0.25, -0.2) is 4.98 Å². The summed E-state index contributed by atoms with van der Waals surface area (Å²) in [5.41, 5.74) is 2.18. The van der Waals surface area contributed by atoms with Crippen molar-refractivity contribution in [1.29, 1.82) is 0 Å². The molecule has 0 radical (unpaired) electrons. The fraction of sp³-hybridized carbons (Fsp3) is 0.250.